The molecule has 1 atom stereocenters. The zero-order chi connectivity index (χ0) is 12.6. The van der Waals surface area contributed by atoms with Crippen molar-refractivity contribution in [2.75, 3.05) is 0 Å². The third-order valence-corrected chi connectivity index (χ3v) is 4.00. The first-order chi connectivity index (χ1) is 8.67. The van der Waals surface area contributed by atoms with Crippen LogP contribution in [0.15, 0.2) is 24.3 Å². The fourth-order valence-corrected chi connectivity index (χ4v) is 2.68. The molecule has 2 aliphatic carbocycles. The van der Waals surface area contributed by atoms with Crippen molar-refractivity contribution < 1.29 is 14.9 Å². The molecule has 3 rings (SSSR count). The van der Waals surface area contributed by atoms with Crippen molar-refractivity contribution in [2.24, 2.45) is 0 Å². The van der Waals surface area contributed by atoms with Crippen LogP contribution in [0, 0.1) is 0 Å². The van der Waals surface area contributed by atoms with Gasteiger partial charge in [-0.3, -0.25) is 0 Å². The molecule has 0 radical (unpaired) electrons. The first-order valence-electron chi connectivity index (χ1n) is 6.84. The number of aliphatic hydroxyl groups is 2. The van der Waals surface area contributed by atoms with Crippen LogP contribution in [-0.2, 0) is 0 Å². The molecule has 1 aromatic rings. The van der Waals surface area contributed by atoms with Crippen LogP contribution >= 0.6 is 0 Å². The summed E-state index contributed by atoms with van der Waals surface area (Å²) < 4.78 is 5.67. The van der Waals surface area contributed by atoms with E-state index in [1.165, 1.54) is 0 Å². The van der Waals surface area contributed by atoms with Crippen molar-refractivity contribution in [3.05, 3.63) is 29.8 Å². The second kappa shape index (κ2) is 4.56. The van der Waals surface area contributed by atoms with Crippen molar-refractivity contribution >= 4 is 0 Å². The summed E-state index contributed by atoms with van der Waals surface area (Å²) in [4.78, 5) is 0. The molecule has 0 spiro atoms. The Morgan fingerprint density at radius 2 is 1.72 bits per heavy atom. The minimum atomic E-state index is -0.932. The normalized spacial score (nSPS) is 23.9. The molecule has 2 saturated carbocycles. The summed E-state index contributed by atoms with van der Waals surface area (Å²) >= 11 is 0. The summed E-state index contributed by atoms with van der Waals surface area (Å²) in [6, 6.07) is 7.49. The highest BCUT2D eigenvalue weighted by atomic mass is 16.5. The lowest BCUT2D eigenvalue weighted by molar-refractivity contribution is -0.0719. The van der Waals surface area contributed by atoms with E-state index < -0.39 is 11.7 Å². The molecule has 2 fully saturated rings. The van der Waals surface area contributed by atoms with Gasteiger partial charge in [0.05, 0.1) is 11.7 Å². The highest BCUT2D eigenvalue weighted by Crippen LogP contribution is 2.40. The van der Waals surface area contributed by atoms with Gasteiger partial charge in [0.15, 0.2) is 0 Å². The number of aliphatic hydroxyl groups excluding tert-OH is 1. The molecule has 1 aromatic carbocycles. The maximum absolute atomic E-state index is 10.4. The predicted molar refractivity (Wildman–Crippen MR) is 68.5 cm³/mol. The molecule has 3 heteroatoms. The fourth-order valence-electron chi connectivity index (χ4n) is 2.68. The number of ether oxygens (including phenoxy) is 1. The molecule has 18 heavy (non-hydrogen) atoms. The Hall–Kier alpha value is -1.06. The van der Waals surface area contributed by atoms with Gasteiger partial charge in [-0.25, -0.2) is 0 Å². The second-order valence-corrected chi connectivity index (χ2v) is 5.60. The molecule has 0 aromatic heterocycles. The Bertz CT molecular complexity index is 402. The van der Waals surface area contributed by atoms with Gasteiger partial charge in [-0.2, -0.15) is 0 Å². The topological polar surface area (TPSA) is 49.7 Å². The minimum Gasteiger partial charge on any atom is -0.490 e. The highest BCUT2D eigenvalue weighted by molar-refractivity contribution is 5.30. The van der Waals surface area contributed by atoms with Crippen molar-refractivity contribution in [1.29, 1.82) is 0 Å². The summed E-state index contributed by atoms with van der Waals surface area (Å²) in [5, 5.41) is 20.6. The Labute approximate surface area is 107 Å². The van der Waals surface area contributed by atoms with Crippen LogP contribution in [0.3, 0.4) is 0 Å². The summed E-state index contributed by atoms with van der Waals surface area (Å²) in [7, 11) is 0. The molecule has 1 unspecified atom stereocenters. The van der Waals surface area contributed by atoms with Crippen LogP contribution in [0.1, 0.15) is 50.2 Å². The largest absolute Gasteiger partial charge is 0.490 e. The molecule has 2 N–H and O–H groups in total. The van der Waals surface area contributed by atoms with E-state index in [1.54, 1.807) is 0 Å². The average molecular weight is 248 g/mol. The number of hydrogen-bond acceptors (Lipinski definition) is 3. The number of rotatable bonds is 4. The SMILES string of the molecule is OC(c1ccc(OC2CC2)cc1)C1(O)CCCC1. The first kappa shape index (κ1) is 12.0. The first-order valence-corrected chi connectivity index (χ1v) is 6.84. The van der Waals surface area contributed by atoms with Crippen LogP contribution in [0.5, 0.6) is 5.75 Å². The van der Waals surface area contributed by atoms with E-state index in [1.807, 2.05) is 24.3 Å². The lowest BCUT2D eigenvalue weighted by atomic mass is 9.89. The van der Waals surface area contributed by atoms with E-state index in [2.05, 4.69) is 0 Å². The maximum Gasteiger partial charge on any atom is 0.119 e. The standard InChI is InChI=1S/C15H20O3/c16-14(15(17)9-1-2-10-15)11-3-5-12(6-4-11)18-13-7-8-13/h3-6,13-14,16-17H,1-2,7-10H2. The van der Waals surface area contributed by atoms with Crippen molar-refractivity contribution in [2.45, 2.75) is 56.3 Å². The van der Waals surface area contributed by atoms with Crippen molar-refractivity contribution in [3.63, 3.8) is 0 Å². The molecule has 2 aliphatic rings. The zero-order valence-electron chi connectivity index (χ0n) is 10.5. The molecule has 3 nitrogen and oxygen atoms in total. The van der Waals surface area contributed by atoms with Gasteiger partial charge >= 0.3 is 0 Å². The number of hydrogen-bond donors (Lipinski definition) is 2. The van der Waals surface area contributed by atoms with Gasteiger partial charge in [-0.15, -0.1) is 0 Å². The summed E-state index contributed by atoms with van der Waals surface area (Å²) in [6.07, 6.45) is 5.26. The highest BCUT2D eigenvalue weighted by Gasteiger charge is 2.39. The van der Waals surface area contributed by atoms with Crippen LogP contribution < -0.4 is 4.74 Å². The quantitative estimate of drug-likeness (QED) is 0.861. The van der Waals surface area contributed by atoms with Gasteiger partial charge in [0.2, 0.25) is 0 Å². The summed E-state index contributed by atoms with van der Waals surface area (Å²) in [5.41, 5.74) is -0.152. The van der Waals surface area contributed by atoms with Gasteiger partial charge in [0.25, 0.3) is 0 Å². The fraction of sp³-hybridized carbons (Fsp3) is 0.600. The number of benzene rings is 1. The van der Waals surface area contributed by atoms with E-state index in [0.717, 1.165) is 37.0 Å². The van der Waals surface area contributed by atoms with E-state index in [0.29, 0.717) is 18.9 Å². The van der Waals surface area contributed by atoms with Gasteiger partial charge in [0.1, 0.15) is 11.9 Å². The van der Waals surface area contributed by atoms with Crippen molar-refractivity contribution in [3.8, 4) is 5.75 Å². The van der Waals surface area contributed by atoms with Gasteiger partial charge in [-0.05, 0) is 43.4 Å². The molecular formula is C15H20O3. The second-order valence-electron chi connectivity index (χ2n) is 5.60. The Kier molecular flexibility index (Phi) is 3.04. The lowest BCUT2D eigenvalue weighted by Crippen LogP contribution is -2.32. The monoisotopic (exact) mass is 248 g/mol. The average Bonchev–Trinajstić information content (AvgIpc) is 3.09. The van der Waals surface area contributed by atoms with Gasteiger partial charge < -0.3 is 14.9 Å². The van der Waals surface area contributed by atoms with E-state index >= 15 is 0 Å². The molecule has 0 saturated heterocycles. The van der Waals surface area contributed by atoms with Gasteiger partial charge in [0, 0.05) is 0 Å². The van der Waals surface area contributed by atoms with Crippen LogP contribution in [0.25, 0.3) is 0 Å². The van der Waals surface area contributed by atoms with Crippen LogP contribution in [0.2, 0.25) is 0 Å². The van der Waals surface area contributed by atoms with Crippen LogP contribution in [0.4, 0.5) is 0 Å². The molecule has 98 valence electrons. The van der Waals surface area contributed by atoms with E-state index in [4.69, 9.17) is 4.74 Å². The Morgan fingerprint density at radius 1 is 1.11 bits per heavy atom. The molecule has 0 heterocycles. The summed E-state index contributed by atoms with van der Waals surface area (Å²) in [5.74, 6) is 0.854. The molecular weight excluding hydrogens is 228 g/mol. The molecule has 0 aliphatic heterocycles. The third kappa shape index (κ3) is 2.38. The van der Waals surface area contributed by atoms with Crippen LogP contribution in [-0.4, -0.2) is 21.9 Å². The predicted octanol–water partition coefficient (Wildman–Crippen LogP) is 2.57. The molecule has 0 amide bonds. The Morgan fingerprint density at radius 3 is 2.28 bits per heavy atom. The summed E-state index contributed by atoms with van der Waals surface area (Å²) in [6.45, 7) is 0. The molecule has 0 bridgehead atoms. The zero-order valence-corrected chi connectivity index (χ0v) is 10.5. The smallest absolute Gasteiger partial charge is 0.119 e. The van der Waals surface area contributed by atoms with Crippen molar-refractivity contribution in [1.82, 2.24) is 0 Å². The van der Waals surface area contributed by atoms with E-state index in [9.17, 15) is 10.2 Å². The minimum absolute atomic E-state index is 0.389. The van der Waals surface area contributed by atoms with E-state index in [-0.39, 0.29) is 0 Å². The Balaban J connectivity index is 1.70. The maximum atomic E-state index is 10.4. The lowest BCUT2D eigenvalue weighted by Gasteiger charge is -2.28. The third-order valence-electron chi connectivity index (χ3n) is 4.00. The van der Waals surface area contributed by atoms with Gasteiger partial charge in [-0.1, -0.05) is 25.0 Å².